The third kappa shape index (κ3) is 1.15. The van der Waals surface area contributed by atoms with E-state index in [1.54, 1.807) is 0 Å². The number of amides is 1. The van der Waals surface area contributed by atoms with Crippen molar-refractivity contribution >= 4 is 34.5 Å². The van der Waals surface area contributed by atoms with Crippen LogP contribution in [0, 0.1) is 5.41 Å². The minimum Gasteiger partial charge on any atom is -0.378 e. The summed E-state index contributed by atoms with van der Waals surface area (Å²) in [6.07, 6.45) is 0. The number of carbonyl (C=O) groups is 1. The summed E-state index contributed by atoms with van der Waals surface area (Å²) in [5.74, 6) is 0.100. The Morgan fingerprint density at radius 3 is 2.85 bits per heavy atom. The largest absolute Gasteiger partial charge is 0.378 e. The zero-order valence-electron chi connectivity index (χ0n) is 6.35. The molecule has 0 saturated carbocycles. The smallest absolute Gasteiger partial charge is 0.245 e. The molecule has 0 aromatic carbocycles. The molecule has 7 nitrogen and oxygen atoms in total. The van der Waals surface area contributed by atoms with Gasteiger partial charge in [0, 0.05) is 0 Å². The maximum absolute atomic E-state index is 11.2. The lowest BCUT2D eigenvalue weighted by atomic mass is 10.5. The van der Waals surface area contributed by atoms with Gasteiger partial charge in [-0.2, -0.15) is 0 Å². The highest BCUT2D eigenvalue weighted by Gasteiger charge is 2.32. The van der Waals surface area contributed by atoms with Crippen LogP contribution in [0.4, 0.5) is 11.6 Å². The van der Waals surface area contributed by atoms with Crippen molar-refractivity contribution in [3.05, 3.63) is 0 Å². The normalized spacial score (nSPS) is 17.1. The molecule has 0 spiro atoms. The summed E-state index contributed by atoms with van der Waals surface area (Å²) < 4.78 is 4.33. The fourth-order valence-corrected chi connectivity index (χ4v) is 1.64. The molecule has 1 aliphatic heterocycles. The van der Waals surface area contributed by atoms with E-state index >= 15 is 0 Å². The second kappa shape index (κ2) is 2.73. The molecule has 0 radical (unpaired) electrons. The van der Waals surface area contributed by atoms with Gasteiger partial charge in [-0.25, -0.2) is 9.53 Å². The van der Waals surface area contributed by atoms with E-state index < -0.39 is 0 Å². The predicted octanol–water partition coefficient (Wildman–Crippen LogP) is -0.334. The summed E-state index contributed by atoms with van der Waals surface area (Å²) in [5, 5.41) is 14.3. The van der Waals surface area contributed by atoms with Crippen LogP contribution in [0.3, 0.4) is 0 Å². The SMILES string of the molecule is N=C1SCC(=O)N1c1nonc1N. The summed E-state index contributed by atoms with van der Waals surface area (Å²) >= 11 is 1.12. The summed E-state index contributed by atoms with van der Waals surface area (Å²) in [6.45, 7) is 0. The maximum Gasteiger partial charge on any atom is 0.245 e. The van der Waals surface area contributed by atoms with E-state index in [-0.39, 0.29) is 28.5 Å². The van der Waals surface area contributed by atoms with Crippen molar-refractivity contribution in [2.75, 3.05) is 16.4 Å². The Kier molecular flexibility index (Phi) is 1.69. The number of amidine groups is 1. The molecule has 1 aromatic heterocycles. The van der Waals surface area contributed by atoms with Crippen molar-refractivity contribution in [1.29, 1.82) is 5.41 Å². The van der Waals surface area contributed by atoms with Crippen LogP contribution in [0.15, 0.2) is 4.63 Å². The van der Waals surface area contributed by atoms with E-state index in [2.05, 4.69) is 14.9 Å². The molecule has 0 atom stereocenters. The van der Waals surface area contributed by atoms with Gasteiger partial charge in [-0.1, -0.05) is 11.8 Å². The Morgan fingerprint density at radius 2 is 2.38 bits per heavy atom. The number of anilines is 2. The summed E-state index contributed by atoms with van der Waals surface area (Å²) in [5.41, 5.74) is 5.38. The highest BCUT2D eigenvalue weighted by atomic mass is 32.2. The molecule has 68 valence electrons. The number of aromatic nitrogens is 2. The van der Waals surface area contributed by atoms with Crippen LogP contribution in [-0.4, -0.2) is 27.1 Å². The lowest BCUT2D eigenvalue weighted by Gasteiger charge is -2.09. The third-order valence-corrected chi connectivity index (χ3v) is 2.34. The molecule has 1 amide bonds. The number of nitrogen functional groups attached to an aromatic ring is 1. The van der Waals surface area contributed by atoms with Gasteiger partial charge in [0.2, 0.25) is 17.5 Å². The second-order valence-corrected chi connectivity index (χ2v) is 3.26. The number of hydrogen-bond donors (Lipinski definition) is 2. The average Bonchev–Trinajstić information content (AvgIpc) is 2.60. The molecular weight excluding hydrogens is 194 g/mol. The van der Waals surface area contributed by atoms with E-state index in [1.807, 2.05) is 0 Å². The van der Waals surface area contributed by atoms with Crippen molar-refractivity contribution < 1.29 is 9.42 Å². The van der Waals surface area contributed by atoms with Crippen LogP contribution in [-0.2, 0) is 4.79 Å². The van der Waals surface area contributed by atoms with Gasteiger partial charge in [-0.3, -0.25) is 10.2 Å². The zero-order valence-corrected chi connectivity index (χ0v) is 7.17. The molecule has 2 rings (SSSR count). The van der Waals surface area contributed by atoms with Crippen LogP contribution in [0.1, 0.15) is 0 Å². The maximum atomic E-state index is 11.2. The molecule has 1 aliphatic rings. The van der Waals surface area contributed by atoms with E-state index in [1.165, 1.54) is 0 Å². The fourth-order valence-electron chi connectivity index (χ4n) is 0.933. The highest BCUT2D eigenvalue weighted by Crippen LogP contribution is 2.26. The van der Waals surface area contributed by atoms with Gasteiger partial charge in [0.15, 0.2) is 5.17 Å². The molecule has 0 bridgehead atoms. The molecule has 1 saturated heterocycles. The number of hydrogen-bond acceptors (Lipinski definition) is 7. The molecule has 8 heteroatoms. The van der Waals surface area contributed by atoms with Gasteiger partial charge in [-0.15, -0.1) is 0 Å². The summed E-state index contributed by atoms with van der Waals surface area (Å²) in [7, 11) is 0. The van der Waals surface area contributed by atoms with Crippen molar-refractivity contribution in [3.8, 4) is 0 Å². The minimum atomic E-state index is -0.239. The van der Waals surface area contributed by atoms with Crippen LogP contribution < -0.4 is 10.6 Å². The Labute approximate surface area is 76.7 Å². The Hall–Kier alpha value is -1.57. The zero-order chi connectivity index (χ0) is 9.42. The van der Waals surface area contributed by atoms with Crippen molar-refractivity contribution in [2.45, 2.75) is 0 Å². The number of rotatable bonds is 1. The topological polar surface area (TPSA) is 109 Å². The van der Waals surface area contributed by atoms with Crippen LogP contribution in [0.5, 0.6) is 0 Å². The van der Waals surface area contributed by atoms with Crippen LogP contribution in [0.25, 0.3) is 0 Å². The monoisotopic (exact) mass is 199 g/mol. The molecule has 0 unspecified atom stereocenters. The number of nitrogens with zero attached hydrogens (tertiary/aromatic N) is 3. The lowest BCUT2D eigenvalue weighted by Crippen LogP contribution is -2.29. The molecule has 2 heterocycles. The van der Waals surface area contributed by atoms with E-state index in [9.17, 15) is 4.79 Å². The number of carbonyl (C=O) groups excluding carboxylic acids is 1. The van der Waals surface area contributed by atoms with Gasteiger partial charge in [0.25, 0.3) is 0 Å². The van der Waals surface area contributed by atoms with Gasteiger partial charge < -0.3 is 5.73 Å². The van der Waals surface area contributed by atoms with Gasteiger partial charge in [0.05, 0.1) is 5.75 Å². The predicted molar refractivity (Wildman–Crippen MR) is 46.4 cm³/mol. The van der Waals surface area contributed by atoms with E-state index in [4.69, 9.17) is 11.1 Å². The second-order valence-electron chi connectivity index (χ2n) is 2.30. The quantitative estimate of drug-likeness (QED) is 0.640. The first-order valence-electron chi connectivity index (χ1n) is 3.32. The molecule has 1 fully saturated rings. The van der Waals surface area contributed by atoms with Crippen molar-refractivity contribution in [3.63, 3.8) is 0 Å². The van der Waals surface area contributed by atoms with Crippen molar-refractivity contribution in [1.82, 2.24) is 10.3 Å². The fraction of sp³-hybridized carbons (Fsp3) is 0.200. The highest BCUT2D eigenvalue weighted by molar-refractivity contribution is 8.15. The van der Waals surface area contributed by atoms with Crippen LogP contribution >= 0.6 is 11.8 Å². The molecule has 0 aliphatic carbocycles. The first-order valence-corrected chi connectivity index (χ1v) is 4.31. The van der Waals surface area contributed by atoms with Gasteiger partial charge >= 0.3 is 0 Å². The third-order valence-electron chi connectivity index (χ3n) is 1.49. The molecule has 3 N–H and O–H groups in total. The van der Waals surface area contributed by atoms with Crippen LogP contribution in [0.2, 0.25) is 0 Å². The number of nitrogens with one attached hydrogen (secondary N) is 1. The first kappa shape index (κ1) is 8.05. The molecule has 13 heavy (non-hydrogen) atoms. The van der Waals surface area contributed by atoms with E-state index in [0.717, 1.165) is 16.7 Å². The Bertz CT molecular complexity index is 359. The minimum absolute atomic E-state index is 0.0144. The number of nitrogens with two attached hydrogens (primary N) is 1. The average molecular weight is 199 g/mol. The number of thioether (sulfide) groups is 1. The van der Waals surface area contributed by atoms with E-state index in [0.29, 0.717) is 0 Å². The summed E-state index contributed by atoms with van der Waals surface area (Å²) in [4.78, 5) is 12.3. The van der Waals surface area contributed by atoms with Crippen molar-refractivity contribution in [2.24, 2.45) is 0 Å². The first-order chi connectivity index (χ1) is 6.20. The molecule has 1 aromatic rings. The van der Waals surface area contributed by atoms with Gasteiger partial charge in [-0.05, 0) is 10.3 Å². The Morgan fingerprint density at radius 1 is 1.62 bits per heavy atom. The standard InChI is InChI=1S/C5H5N5O2S/c6-3-4(9-12-8-3)10-2(11)1-13-5(10)7/h7H,1H2,(H2,6,8). The lowest BCUT2D eigenvalue weighted by molar-refractivity contribution is -0.115. The Balaban J connectivity index is 2.40. The summed E-state index contributed by atoms with van der Waals surface area (Å²) in [6, 6.07) is 0. The van der Waals surface area contributed by atoms with Gasteiger partial charge in [0.1, 0.15) is 0 Å². The molecular formula is C5H5N5O2S.